The fourth-order valence-electron chi connectivity index (χ4n) is 2.00. The summed E-state index contributed by atoms with van der Waals surface area (Å²) in [5.41, 5.74) is 1.20. The first-order valence-corrected chi connectivity index (χ1v) is 5.73. The van der Waals surface area contributed by atoms with E-state index in [2.05, 4.69) is 34.8 Å². The summed E-state index contributed by atoms with van der Waals surface area (Å²) in [6.07, 6.45) is 1.16. The summed E-state index contributed by atoms with van der Waals surface area (Å²) >= 11 is 5.93. The summed E-state index contributed by atoms with van der Waals surface area (Å²) in [4.78, 5) is 8.93. The summed E-state index contributed by atoms with van der Waals surface area (Å²) < 4.78 is 0. The van der Waals surface area contributed by atoms with E-state index < -0.39 is 0 Å². The molecule has 0 aromatic carbocycles. The van der Waals surface area contributed by atoms with Crippen molar-refractivity contribution >= 4 is 23.1 Å². The quantitative estimate of drug-likeness (QED) is 0.685. The van der Waals surface area contributed by atoms with Crippen molar-refractivity contribution in [3.63, 3.8) is 0 Å². The van der Waals surface area contributed by atoms with Crippen LogP contribution in [0.1, 0.15) is 13.3 Å². The van der Waals surface area contributed by atoms with Gasteiger partial charge in [-0.05, 0) is 25.5 Å². The van der Waals surface area contributed by atoms with Gasteiger partial charge in [0.2, 0.25) is 0 Å². The molecule has 15 heavy (non-hydrogen) atoms. The molecule has 1 aromatic rings. The molecule has 1 aliphatic rings. The van der Waals surface area contributed by atoms with Crippen molar-refractivity contribution in [2.45, 2.75) is 13.3 Å². The largest absolute Gasteiger partial charge is 0.369 e. The highest BCUT2D eigenvalue weighted by Crippen LogP contribution is 2.30. The normalized spacial score (nSPS) is 16.2. The van der Waals surface area contributed by atoms with Crippen molar-refractivity contribution in [3.05, 3.63) is 17.3 Å². The Kier molecular flexibility index (Phi) is 3.00. The van der Waals surface area contributed by atoms with E-state index in [1.807, 2.05) is 6.07 Å². The van der Waals surface area contributed by atoms with Crippen LogP contribution in [0.15, 0.2) is 12.1 Å². The maximum atomic E-state index is 5.93. The van der Waals surface area contributed by atoms with Gasteiger partial charge >= 0.3 is 0 Å². The Labute approximate surface area is 95.7 Å². The van der Waals surface area contributed by atoms with Crippen molar-refractivity contribution in [1.82, 2.24) is 4.98 Å². The first-order chi connectivity index (χ1) is 7.22. The Hall–Kier alpha value is -0.960. The molecule has 0 radical (unpaired) electrons. The maximum absolute atomic E-state index is 5.93. The van der Waals surface area contributed by atoms with Gasteiger partial charge in [0, 0.05) is 26.7 Å². The highest BCUT2D eigenvalue weighted by atomic mass is 35.5. The van der Waals surface area contributed by atoms with Gasteiger partial charge in [0.15, 0.2) is 5.82 Å². The number of pyridine rings is 1. The molecule has 3 nitrogen and oxygen atoms in total. The Morgan fingerprint density at radius 1 is 1.40 bits per heavy atom. The zero-order valence-corrected chi connectivity index (χ0v) is 9.96. The third-order valence-corrected chi connectivity index (χ3v) is 3.04. The number of rotatable bonds is 1. The standard InChI is InChI=1S/C11H16ClN3/c1-3-15-8-4-7-14(2)11-9(15)5-6-10(12)13-11/h5-6H,3-4,7-8H2,1-2H3. The lowest BCUT2D eigenvalue weighted by Crippen LogP contribution is -2.23. The fraction of sp³-hybridized carbons (Fsp3) is 0.545. The zero-order valence-electron chi connectivity index (χ0n) is 9.20. The van der Waals surface area contributed by atoms with Gasteiger partial charge in [-0.15, -0.1) is 0 Å². The molecular formula is C11H16ClN3. The van der Waals surface area contributed by atoms with Crippen LogP contribution in [0.5, 0.6) is 0 Å². The van der Waals surface area contributed by atoms with Crippen LogP contribution < -0.4 is 9.80 Å². The van der Waals surface area contributed by atoms with E-state index >= 15 is 0 Å². The van der Waals surface area contributed by atoms with Gasteiger partial charge in [0.25, 0.3) is 0 Å². The van der Waals surface area contributed by atoms with Gasteiger partial charge < -0.3 is 9.80 Å². The molecular weight excluding hydrogens is 210 g/mol. The van der Waals surface area contributed by atoms with Crippen LogP contribution in [0, 0.1) is 0 Å². The van der Waals surface area contributed by atoms with Gasteiger partial charge in [-0.3, -0.25) is 0 Å². The maximum Gasteiger partial charge on any atom is 0.153 e. The average molecular weight is 226 g/mol. The molecule has 0 N–H and O–H groups in total. The van der Waals surface area contributed by atoms with E-state index in [1.165, 1.54) is 5.69 Å². The Morgan fingerprint density at radius 3 is 2.93 bits per heavy atom. The molecule has 0 spiro atoms. The Morgan fingerprint density at radius 2 is 2.20 bits per heavy atom. The third kappa shape index (κ3) is 2.02. The van der Waals surface area contributed by atoms with Crippen molar-refractivity contribution in [3.8, 4) is 0 Å². The smallest absolute Gasteiger partial charge is 0.153 e. The number of hydrogen-bond donors (Lipinski definition) is 0. The lowest BCUT2D eigenvalue weighted by molar-refractivity contribution is 0.758. The molecule has 82 valence electrons. The summed E-state index contributed by atoms with van der Waals surface area (Å²) in [7, 11) is 2.07. The van der Waals surface area contributed by atoms with E-state index in [1.54, 1.807) is 0 Å². The molecule has 2 heterocycles. The molecule has 0 saturated heterocycles. The van der Waals surface area contributed by atoms with Gasteiger partial charge in [-0.2, -0.15) is 0 Å². The number of aromatic nitrogens is 1. The molecule has 1 aromatic heterocycles. The second-order valence-electron chi connectivity index (χ2n) is 3.83. The second-order valence-corrected chi connectivity index (χ2v) is 4.22. The number of hydrogen-bond acceptors (Lipinski definition) is 3. The lowest BCUT2D eigenvalue weighted by atomic mass is 10.3. The minimum atomic E-state index is 0.568. The predicted octanol–water partition coefficient (Wildman–Crippen LogP) is 2.40. The zero-order chi connectivity index (χ0) is 10.8. The molecule has 0 unspecified atom stereocenters. The summed E-state index contributed by atoms with van der Waals surface area (Å²) in [5.74, 6) is 1.00. The molecule has 0 fully saturated rings. The second kappa shape index (κ2) is 4.27. The summed E-state index contributed by atoms with van der Waals surface area (Å²) in [5, 5.41) is 0.568. The van der Waals surface area contributed by atoms with Crippen LogP contribution in [0.25, 0.3) is 0 Å². The number of nitrogens with zero attached hydrogens (tertiary/aromatic N) is 3. The van der Waals surface area contributed by atoms with Crippen LogP contribution in [-0.2, 0) is 0 Å². The molecule has 0 amide bonds. The molecule has 0 aliphatic carbocycles. The van der Waals surface area contributed by atoms with E-state index in [9.17, 15) is 0 Å². The van der Waals surface area contributed by atoms with Gasteiger partial charge in [-0.1, -0.05) is 11.6 Å². The summed E-state index contributed by atoms with van der Waals surface area (Å²) in [6.45, 7) is 5.32. The first kappa shape index (κ1) is 10.6. The van der Waals surface area contributed by atoms with Crippen LogP contribution in [0.4, 0.5) is 11.5 Å². The highest BCUT2D eigenvalue weighted by molar-refractivity contribution is 6.29. The van der Waals surface area contributed by atoms with E-state index in [0.717, 1.165) is 31.9 Å². The SMILES string of the molecule is CCN1CCCN(C)c2nc(Cl)ccc21. The molecule has 2 rings (SSSR count). The van der Waals surface area contributed by atoms with Gasteiger partial charge in [0.1, 0.15) is 5.15 Å². The Bertz CT molecular complexity index is 354. The van der Waals surface area contributed by atoms with Crippen LogP contribution in [0.3, 0.4) is 0 Å². The van der Waals surface area contributed by atoms with Crippen LogP contribution >= 0.6 is 11.6 Å². The lowest BCUT2D eigenvalue weighted by Gasteiger charge is -2.23. The van der Waals surface area contributed by atoms with Crippen molar-refractivity contribution < 1.29 is 0 Å². The number of fused-ring (bicyclic) bond motifs is 1. The van der Waals surface area contributed by atoms with Crippen molar-refractivity contribution in [2.24, 2.45) is 0 Å². The van der Waals surface area contributed by atoms with Crippen molar-refractivity contribution in [2.75, 3.05) is 36.5 Å². The molecule has 1 aliphatic heterocycles. The molecule has 0 bridgehead atoms. The van der Waals surface area contributed by atoms with E-state index in [4.69, 9.17) is 11.6 Å². The summed E-state index contributed by atoms with van der Waals surface area (Å²) in [6, 6.07) is 3.93. The highest BCUT2D eigenvalue weighted by Gasteiger charge is 2.18. The topological polar surface area (TPSA) is 19.4 Å². The van der Waals surface area contributed by atoms with Crippen molar-refractivity contribution in [1.29, 1.82) is 0 Å². The minimum absolute atomic E-state index is 0.568. The first-order valence-electron chi connectivity index (χ1n) is 5.35. The average Bonchev–Trinajstić information content (AvgIpc) is 2.38. The molecule has 0 saturated carbocycles. The number of halogens is 1. The van der Waals surface area contributed by atoms with E-state index in [0.29, 0.717) is 5.15 Å². The van der Waals surface area contributed by atoms with Crippen LogP contribution in [-0.4, -0.2) is 31.7 Å². The molecule has 0 atom stereocenters. The Balaban J connectivity index is 2.46. The monoisotopic (exact) mass is 225 g/mol. The molecule has 4 heteroatoms. The predicted molar refractivity (Wildman–Crippen MR) is 65.0 cm³/mol. The third-order valence-electron chi connectivity index (χ3n) is 2.83. The fourth-order valence-corrected chi connectivity index (χ4v) is 2.14. The van der Waals surface area contributed by atoms with E-state index in [-0.39, 0.29) is 0 Å². The minimum Gasteiger partial charge on any atom is -0.369 e. The number of anilines is 2. The van der Waals surface area contributed by atoms with Crippen LogP contribution in [0.2, 0.25) is 5.15 Å². The van der Waals surface area contributed by atoms with Gasteiger partial charge in [-0.25, -0.2) is 4.98 Å². The van der Waals surface area contributed by atoms with Gasteiger partial charge in [0.05, 0.1) is 5.69 Å².